The van der Waals surface area contributed by atoms with E-state index >= 15 is 0 Å². The van der Waals surface area contributed by atoms with Crippen molar-refractivity contribution in [3.05, 3.63) is 30.3 Å². The highest BCUT2D eigenvalue weighted by Gasteiger charge is 2.11. The molecule has 92 valence electrons. The van der Waals surface area contributed by atoms with Crippen molar-refractivity contribution >= 4 is 10.0 Å². The number of hydrogen-bond acceptors (Lipinski definition) is 3. The average Bonchev–Trinajstić information content (AvgIpc) is 2.35. The minimum Gasteiger partial charge on any atom is -0.211 e. The van der Waals surface area contributed by atoms with Crippen LogP contribution in [-0.4, -0.2) is 15.0 Å². The first-order valence-corrected chi connectivity index (χ1v) is 7.07. The third-order valence-electron chi connectivity index (χ3n) is 2.31. The van der Waals surface area contributed by atoms with E-state index < -0.39 is 10.0 Å². The second-order valence-corrected chi connectivity index (χ2v) is 5.45. The lowest BCUT2D eigenvalue weighted by molar-refractivity contribution is 0.575. The van der Waals surface area contributed by atoms with Gasteiger partial charge in [-0.3, -0.25) is 0 Å². The highest BCUT2D eigenvalue weighted by atomic mass is 32.2. The summed E-state index contributed by atoms with van der Waals surface area (Å²) in [6, 6.07) is 10.4. The lowest BCUT2D eigenvalue weighted by Crippen LogP contribution is -2.24. The fourth-order valence-corrected chi connectivity index (χ4v) is 2.49. The molecule has 5 heteroatoms. The van der Waals surface area contributed by atoms with Gasteiger partial charge in [0.15, 0.2) is 0 Å². The Kier molecular flexibility index (Phi) is 5.67. The van der Waals surface area contributed by atoms with E-state index in [1.54, 1.807) is 30.3 Å². The fraction of sp³-hybridized carbons (Fsp3) is 0.417. The molecule has 0 saturated carbocycles. The van der Waals surface area contributed by atoms with Gasteiger partial charge in [-0.15, -0.1) is 0 Å². The quantitative estimate of drug-likeness (QED) is 0.755. The normalized spacial score (nSPS) is 11.0. The zero-order valence-corrected chi connectivity index (χ0v) is 10.4. The molecule has 0 spiro atoms. The summed E-state index contributed by atoms with van der Waals surface area (Å²) in [7, 11) is -3.37. The predicted molar refractivity (Wildman–Crippen MR) is 65.7 cm³/mol. The van der Waals surface area contributed by atoms with Gasteiger partial charge in [-0.05, 0) is 25.0 Å². The predicted octanol–water partition coefficient (Wildman–Crippen LogP) is 2.05. The van der Waals surface area contributed by atoms with Crippen LogP contribution in [-0.2, 0) is 10.0 Å². The van der Waals surface area contributed by atoms with Crippen molar-refractivity contribution in [1.82, 2.24) is 4.72 Å². The van der Waals surface area contributed by atoms with Gasteiger partial charge in [-0.1, -0.05) is 24.6 Å². The van der Waals surface area contributed by atoms with E-state index in [1.807, 2.05) is 0 Å². The van der Waals surface area contributed by atoms with Crippen LogP contribution in [0.15, 0.2) is 35.2 Å². The van der Waals surface area contributed by atoms with E-state index in [0.717, 1.165) is 19.3 Å². The van der Waals surface area contributed by atoms with Crippen molar-refractivity contribution in [3.8, 4) is 6.07 Å². The minimum absolute atomic E-state index is 0.289. The van der Waals surface area contributed by atoms with Gasteiger partial charge < -0.3 is 0 Å². The van der Waals surface area contributed by atoms with Gasteiger partial charge in [0, 0.05) is 13.0 Å². The summed E-state index contributed by atoms with van der Waals surface area (Å²) in [4.78, 5) is 0.289. The van der Waals surface area contributed by atoms with Crippen molar-refractivity contribution < 1.29 is 8.42 Å². The molecule has 0 fully saturated rings. The zero-order chi connectivity index (χ0) is 12.6. The molecular formula is C12H16N2O2S. The number of nitriles is 1. The molecule has 1 N–H and O–H groups in total. The number of nitrogens with zero attached hydrogens (tertiary/aromatic N) is 1. The molecule has 0 atom stereocenters. The number of unbranched alkanes of at least 4 members (excludes halogenated alkanes) is 3. The van der Waals surface area contributed by atoms with E-state index in [1.165, 1.54) is 0 Å². The van der Waals surface area contributed by atoms with Crippen molar-refractivity contribution in [3.63, 3.8) is 0 Å². The summed E-state index contributed by atoms with van der Waals surface area (Å²) >= 11 is 0. The number of rotatable bonds is 7. The third-order valence-corrected chi connectivity index (χ3v) is 3.79. The maximum atomic E-state index is 11.8. The summed E-state index contributed by atoms with van der Waals surface area (Å²) in [5, 5.41) is 8.34. The Hall–Kier alpha value is -1.38. The first-order chi connectivity index (χ1) is 8.17. The van der Waals surface area contributed by atoms with Gasteiger partial charge in [-0.2, -0.15) is 5.26 Å². The van der Waals surface area contributed by atoms with Crippen LogP contribution in [0.5, 0.6) is 0 Å². The summed E-state index contributed by atoms with van der Waals surface area (Å²) in [5.41, 5.74) is 0. The Balaban J connectivity index is 2.34. The van der Waals surface area contributed by atoms with E-state index in [9.17, 15) is 8.42 Å². The van der Waals surface area contributed by atoms with Gasteiger partial charge in [0.25, 0.3) is 0 Å². The van der Waals surface area contributed by atoms with Crippen LogP contribution in [0.2, 0.25) is 0 Å². The van der Waals surface area contributed by atoms with Crippen LogP contribution in [0.4, 0.5) is 0 Å². The molecule has 1 aromatic rings. The van der Waals surface area contributed by atoms with E-state index in [0.29, 0.717) is 13.0 Å². The number of nitrogens with one attached hydrogen (secondary N) is 1. The Morgan fingerprint density at radius 2 is 1.82 bits per heavy atom. The van der Waals surface area contributed by atoms with Gasteiger partial charge in [0.05, 0.1) is 11.0 Å². The molecule has 0 amide bonds. The molecule has 1 aromatic carbocycles. The Morgan fingerprint density at radius 1 is 1.12 bits per heavy atom. The highest BCUT2D eigenvalue weighted by molar-refractivity contribution is 7.89. The van der Waals surface area contributed by atoms with Crippen LogP contribution >= 0.6 is 0 Å². The van der Waals surface area contributed by atoms with Crippen LogP contribution in [0.1, 0.15) is 25.7 Å². The highest BCUT2D eigenvalue weighted by Crippen LogP contribution is 2.07. The SMILES string of the molecule is N#CCCCCCNS(=O)(=O)c1ccccc1. The van der Waals surface area contributed by atoms with E-state index in [4.69, 9.17) is 5.26 Å². The largest absolute Gasteiger partial charge is 0.240 e. The number of benzene rings is 1. The first-order valence-electron chi connectivity index (χ1n) is 5.58. The van der Waals surface area contributed by atoms with Crippen molar-refractivity contribution in [2.75, 3.05) is 6.54 Å². The second kappa shape index (κ2) is 7.05. The molecule has 0 heterocycles. The summed E-state index contributed by atoms with van der Waals surface area (Å²) in [5.74, 6) is 0. The molecule has 0 saturated heterocycles. The summed E-state index contributed by atoms with van der Waals surface area (Å²) in [6.45, 7) is 0.419. The lowest BCUT2D eigenvalue weighted by atomic mass is 10.2. The molecule has 1 rings (SSSR count). The molecule has 0 bridgehead atoms. The van der Waals surface area contributed by atoms with Gasteiger partial charge >= 0.3 is 0 Å². The molecule has 0 unspecified atom stereocenters. The molecule has 0 aliphatic heterocycles. The van der Waals surface area contributed by atoms with Crippen molar-refractivity contribution in [2.24, 2.45) is 0 Å². The Labute approximate surface area is 102 Å². The second-order valence-electron chi connectivity index (χ2n) is 3.68. The minimum atomic E-state index is -3.37. The molecule has 0 aromatic heterocycles. The maximum Gasteiger partial charge on any atom is 0.240 e. The molecule has 4 nitrogen and oxygen atoms in total. The van der Waals surface area contributed by atoms with Gasteiger partial charge in [0.1, 0.15) is 0 Å². The van der Waals surface area contributed by atoms with Crippen molar-refractivity contribution in [2.45, 2.75) is 30.6 Å². The van der Waals surface area contributed by atoms with E-state index in [-0.39, 0.29) is 4.90 Å². The van der Waals surface area contributed by atoms with Gasteiger partial charge in [0.2, 0.25) is 10.0 Å². The molecule has 0 aliphatic rings. The maximum absolute atomic E-state index is 11.8. The molecule has 0 radical (unpaired) electrons. The standard InChI is InChI=1S/C12H16N2O2S/c13-10-6-1-2-7-11-14-17(15,16)12-8-4-3-5-9-12/h3-5,8-9,14H,1-2,6-7,11H2. The first kappa shape index (κ1) is 13.7. The third kappa shape index (κ3) is 4.98. The topological polar surface area (TPSA) is 70.0 Å². The van der Waals surface area contributed by atoms with E-state index in [2.05, 4.69) is 10.8 Å². The van der Waals surface area contributed by atoms with Gasteiger partial charge in [-0.25, -0.2) is 13.1 Å². The Morgan fingerprint density at radius 3 is 2.47 bits per heavy atom. The van der Waals surface area contributed by atoms with Crippen LogP contribution in [0.3, 0.4) is 0 Å². The molecule has 0 aliphatic carbocycles. The Bertz CT molecular complexity index is 463. The average molecular weight is 252 g/mol. The van der Waals surface area contributed by atoms with Crippen LogP contribution < -0.4 is 4.72 Å². The van der Waals surface area contributed by atoms with Crippen LogP contribution in [0, 0.1) is 11.3 Å². The van der Waals surface area contributed by atoms with Crippen LogP contribution in [0.25, 0.3) is 0 Å². The molecule has 17 heavy (non-hydrogen) atoms. The number of sulfonamides is 1. The lowest BCUT2D eigenvalue weighted by Gasteiger charge is -2.05. The zero-order valence-electron chi connectivity index (χ0n) is 9.59. The summed E-state index contributed by atoms with van der Waals surface area (Å²) < 4.78 is 26.1. The summed E-state index contributed by atoms with van der Waals surface area (Å²) in [6.07, 6.45) is 2.98. The van der Waals surface area contributed by atoms with Crippen molar-refractivity contribution in [1.29, 1.82) is 5.26 Å². The molecular weight excluding hydrogens is 236 g/mol. The number of hydrogen-bond donors (Lipinski definition) is 1. The smallest absolute Gasteiger partial charge is 0.211 e. The monoisotopic (exact) mass is 252 g/mol. The fourth-order valence-electron chi connectivity index (χ4n) is 1.40.